The minimum absolute atomic E-state index is 0.0106. The Morgan fingerprint density at radius 3 is 2.87 bits per heavy atom. The number of carbonyl (C=O) groups is 1. The normalized spacial score (nSPS) is 12.3. The molecule has 3 N–H and O–H groups in total. The summed E-state index contributed by atoms with van der Waals surface area (Å²) < 4.78 is 13.1. The first-order valence-corrected chi connectivity index (χ1v) is 7.34. The molecule has 1 amide bonds. The number of nitrogens with one attached hydrogen (secondary N) is 2. The lowest BCUT2D eigenvalue weighted by atomic mass is 10.1. The quantitative estimate of drug-likeness (QED) is 0.693. The van der Waals surface area contributed by atoms with Crippen LogP contribution in [0.1, 0.15) is 27.7 Å². The van der Waals surface area contributed by atoms with Gasteiger partial charge in [0.1, 0.15) is 11.5 Å². The van der Waals surface area contributed by atoms with Crippen molar-refractivity contribution in [3.05, 3.63) is 71.2 Å². The maximum atomic E-state index is 13.1. The van der Waals surface area contributed by atoms with Crippen LogP contribution in [-0.4, -0.2) is 22.5 Å². The minimum atomic E-state index is -0.957. The van der Waals surface area contributed by atoms with Crippen molar-refractivity contribution >= 4 is 16.8 Å². The Kier molecular flexibility index (Phi) is 4.12. The van der Waals surface area contributed by atoms with Crippen LogP contribution in [0.15, 0.2) is 48.5 Å². The molecule has 23 heavy (non-hydrogen) atoms. The fraction of sp³-hybridized carbons (Fsp3) is 0.167. The molecule has 1 heterocycles. The van der Waals surface area contributed by atoms with Crippen molar-refractivity contribution in [3.8, 4) is 0 Å². The molecule has 0 aliphatic heterocycles. The van der Waals surface area contributed by atoms with Crippen molar-refractivity contribution in [1.82, 2.24) is 10.3 Å². The predicted octanol–water partition coefficient (Wildman–Crippen LogP) is 3.08. The number of aryl methyl sites for hydroxylation is 1. The van der Waals surface area contributed by atoms with E-state index in [2.05, 4.69) is 10.3 Å². The molecule has 3 aromatic rings. The molecule has 1 unspecified atom stereocenters. The predicted molar refractivity (Wildman–Crippen MR) is 86.7 cm³/mol. The molecule has 0 fully saturated rings. The average Bonchev–Trinajstić information content (AvgIpc) is 2.95. The highest BCUT2D eigenvalue weighted by molar-refractivity contribution is 5.98. The number of aromatic nitrogens is 1. The van der Waals surface area contributed by atoms with Gasteiger partial charge in [-0.15, -0.1) is 0 Å². The Balaban J connectivity index is 1.68. The van der Waals surface area contributed by atoms with Gasteiger partial charge < -0.3 is 15.4 Å². The monoisotopic (exact) mass is 312 g/mol. The zero-order valence-electron chi connectivity index (χ0n) is 12.6. The van der Waals surface area contributed by atoms with E-state index in [1.54, 1.807) is 12.1 Å². The lowest BCUT2D eigenvalue weighted by molar-refractivity contribution is 0.0912. The molecule has 118 valence electrons. The molecule has 3 rings (SSSR count). The minimum Gasteiger partial charge on any atom is -0.387 e. The van der Waals surface area contributed by atoms with Gasteiger partial charge in [0.25, 0.3) is 5.91 Å². The molecule has 0 aliphatic rings. The van der Waals surface area contributed by atoms with Gasteiger partial charge in [-0.3, -0.25) is 4.79 Å². The first kappa shape index (κ1) is 15.2. The second kappa shape index (κ2) is 6.22. The van der Waals surface area contributed by atoms with E-state index >= 15 is 0 Å². The second-order valence-corrected chi connectivity index (χ2v) is 5.55. The number of rotatable bonds is 4. The summed E-state index contributed by atoms with van der Waals surface area (Å²) in [6, 6.07) is 13.3. The summed E-state index contributed by atoms with van der Waals surface area (Å²) in [5, 5.41) is 13.6. The van der Waals surface area contributed by atoms with Gasteiger partial charge in [-0.25, -0.2) is 4.39 Å². The van der Waals surface area contributed by atoms with E-state index in [9.17, 15) is 14.3 Å². The highest BCUT2D eigenvalue weighted by Gasteiger charge is 2.13. The molecular formula is C18H17FN2O2. The van der Waals surface area contributed by atoms with Crippen molar-refractivity contribution in [2.24, 2.45) is 0 Å². The molecule has 2 aromatic carbocycles. The van der Waals surface area contributed by atoms with Crippen molar-refractivity contribution < 1.29 is 14.3 Å². The number of H-pyrrole nitrogens is 1. The van der Waals surface area contributed by atoms with Crippen molar-refractivity contribution in [3.63, 3.8) is 0 Å². The number of hydrogen-bond donors (Lipinski definition) is 3. The standard InChI is InChI=1S/C18H17FN2O2/c1-11-5-6-12-9-16(21-15(12)7-11)18(23)20-10-17(22)13-3-2-4-14(19)8-13/h2-9,17,21-22H,10H2,1H3,(H,20,23). The van der Waals surface area contributed by atoms with E-state index in [4.69, 9.17) is 0 Å². The third kappa shape index (κ3) is 3.40. The molecule has 4 nitrogen and oxygen atoms in total. The summed E-state index contributed by atoms with van der Waals surface area (Å²) in [6.07, 6.45) is -0.957. The van der Waals surface area contributed by atoms with Gasteiger partial charge in [0.05, 0.1) is 6.10 Å². The maximum absolute atomic E-state index is 13.1. The van der Waals surface area contributed by atoms with E-state index in [0.717, 1.165) is 16.5 Å². The van der Waals surface area contributed by atoms with Crippen LogP contribution >= 0.6 is 0 Å². The lowest BCUT2D eigenvalue weighted by Gasteiger charge is -2.11. The molecule has 0 saturated heterocycles. The lowest BCUT2D eigenvalue weighted by Crippen LogP contribution is -2.28. The second-order valence-electron chi connectivity index (χ2n) is 5.55. The molecule has 0 radical (unpaired) electrons. The zero-order chi connectivity index (χ0) is 16.4. The maximum Gasteiger partial charge on any atom is 0.267 e. The number of aromatic amines is 1. The third-order valence-electron chi connectivity index (χ3n) is 3.71. The molecule has 1 aromatic heterocycles. The third-order valence-corrected chi connectivity index (χ3v) is 3.71. The number of carbonyl (C=O) groups excluding carboxylic acids is 1. The largest absolute Gasteiger partial charge is 0.387 e. The highest BCUT2D eigenvalue weighted by Crippen LogP contribution is 2.17. The van der Waals surface area contributed by atoms with E-state index in [1.165, 1.54) is 18.2 Å². The Morgan fingerprint density at radius 2 is 2.09 bits per heavy atom. The van der Waals surface area contributed by atoms with E-state index in [1.807, 2.05) is 25.1 Å². The molecule has 0 bridgehead atoms. The van der Waals surface area contributed by atoms with Crippen LogP contribution in [0.3, 0.4) is 0 Å². The van der Waals surface area contributed by atoms with Gasteiger partial charge >= 0.3 is 0 Å². The van der Waals surface area contributed by atoms with Gasteiger partial charge in [0, 0.05) is 17.4 Å². The van der Waals surface area contributed by atoms with Crippen LogP contribution in [0, 0.1) is 12.7 Å². The summed E-state index contributed by atoms with van der Waals surface area (Å²) in [4.78, 5) is 15.2. The fourth-order valence-corrected chi connectivity index (χ4v) is 2.48. The number of aliphatic hydroxyl groups is 1. The molecule has 0 aliphatic carbocycles. The number of halogens is 1. The summed E-state index contributed by atoms with van der Waals surface area (Å²) in [5.41, 5.74) is 2.85. The van der Waals surface area contributed by atoms with Crippen LogP contribution in [0.5, 0.6) is 0 Å². The SMILES string of the molecule is Cc1ccc2cc(C(=O)NCC(O)c3cccc(F)c3)[nH]c2c1. The van der Waals surface area contributed by atoms with Gasteiger partial charge in [-0.2, -0.15) is 0 Å². The zero-order valence-corrected chi connectivity index (χ0v) is 12.6. The molecule has 5 heteroatoms. The first-order valence-electron chi connectivity index (χ1n) is 7.34. The molecule has 0 saturated carbocycles. The van der Waals surface area contributed by atoms with Gasteiger partial charge in [0.2, 0.25) is 0 Å². The first-order chi connectivity index (χ1) is 11.0. The van der Waals surface area contributed by atoms with Crippen molar-refractivity contribution in [2.75, 3.05) is 6.54 Å². The Bertz CT molecular complexity index is 857. The Labute approximate surface area is 133 Å². The van der Waals surface area contributed by atoms with E-state index in [-0.39, 0.29) is 12.5 Å². The van der Waals surface area contributed by atoms with Crippen LogP contribution in [0.2, 0.25) is 0 Å². The summed E-state index contributed by atoms with van der Waals surface area (Å²) in [6.45, 7) is 1.99. The smallest absolute Gasteiger partial charge is 0.267 e. The number of hydrogen-bond acceptors (Lipinski definition) is 2. The number of amides is 1. The summed E-state index contributed by atoms with van der Waals surface area (Å²) in [7, 11) is 0. The van der Waals surface area contributed by atoms with Crippen LogP contribution < -0.4 is 5.32 Å². The average molecular weight is 312 g/mol. The topological polar surface area (TPSA) is 65.1 Å². The van der Waals surface area contributed by atoms with Crippen molar-refractivity contribution in [2.45, 2.75) is 13.0 Å². The van der Waals surface area contributed by atoms with Gasteiger partial charge in [-0.1, -0.05) is 24.3 Å². The molecular weight excluding hydrogens is 295 g/mol. The number of fused-ring (bicyclic) bond motifs is 1. The Morgan fingerprint density at radius 1 is 1.26 bits per heavy atom. The van der Waals surface area contributed by atoms with E-state index in [0.29, 0.717) is 11.3 Å². The van der Waals surface area contributed by atoms with E-state index < -0.39 is 11.9 Å². The number of benzene rings is 2. The molecule has 0 spiro atoms. The van der Waals surface area contributed by atoms with Crippen molar-refractivity contribution in [1.29, 1.82) is 0 Å². The van der Waals surface area contributed by atoms with Crippen LogP contribution in [0.4, 0.5) is 4.39 Å². The fourth-order valence-electron chi connectivity index (χ4n) is 2.48. The highest BCUT2D eigenvalue weighted by atomic mass is 19.1. The summed E-state index contributed by atoms with van der Waals surface area (Å²) >= 11 is 0. The van der Waals surface area contributed by atoms with Crippen LogP contribution in [0.25, 0.3) is 10.9 Å². The summed E-state index contributed by atoms with van der Waals surface area (Å²) in [5.74, 6) is -0.729. The molecule has 1 atom stereocenters. The number of aliphatic hydroxyl groups excluding tert-OH is 1. The van der Waals surface area contributed by atoms with Gasteiger partial charge in [-0.05, 0) is 42.3 Å². The Hall–Kier alpha value is -2.66. The van der Waals surface area contributed by atoms with Crippen LogP contribution in [-0.2, 0) is 0 Å². The van der Waals surface area contributed by atoms with Gasteiger partial charge in [0.15, 0.2) is 0 Å².